The molecule has 0 fully saturated rings. The normalized spacial score (nSPS) is 12.0. The lowest BCUT2D eigenvalue weighted by Gasteiger charge is -2.14. The Morgan fingerprint density at radius 1 is 1.43 bits per heavy atom. The molecule has 1 heterocycles. The number of nitrogens with zero attached hydrogens (tertiary/aromatic N) is 1. The number of carbonyl (C=O) groups excluding carboxylic acids is 1. The fraction of sp³-hybridized carbons (Fsp3) is 0.375. The van der Waals surface area contributed by atoms with Gasteiger partial charge < -0.3 is 10.6 Å². The van der Waals surface area contributed by atoms with Crippen LogP contribution in [-0.2, 0) is 0 Å². The summed E-state index contributed by atoms with van der Waals surface area (Å²) in [5.41, 5.74) is 2.65. The summed E-state index contributed by atoms with van der Waals surface area (Å²) in [6, 6.07) is 5.88. The number of nitrogens with one attached hydrogen (secondary N) is 2. The van der Waals surface area contributed by atoms with Crippen molar-refractivity contribution in [2.24, 2.45) is 0 Å². The van der Waals surface area contributed by atoms with Crippen molar-refractivity contribution in [3.63, 3.8) is 0 Å². The Morgan fingerprint density at radius 2 is 2.24 bits per heavy atom. The van der Waals surface area contributed by atoms with E-state index in [1.54, 1.807) is 17.5 Å². The first-order valence-corrected chi connectivity index (χ1v) is 8.02. The van der Waals surface area contributed by atoms with E-state index in [2.05, 4.69) is 22.5 Å². The van der Waals surface area contributed by atoms with Gasteiger partial charge in [-0.25, -0.2) is 4.98 Å². The smallest absolute Gasteiger partial charge is 0.253 e. The highest BCUT2D eigenvalue weighted by molar-refractivity contribution is 7.09. The molecule has 4 nitrogen and oxygen atoms in total. The largest absolute Gasteiger partial charge is 0.385 e. The van der Waals surface area contributed by atoms with E-state index in [1.807, 2.05) is 37.4 Å². The number of amides is 1. The van der Waals surface area contributed by atoms with E-state index in [0.29, 0.717) is 12.1 Å². The molecule has 0 spiro atoms. The maximum absolute atomic E-state index is 12.4. The molecule has 0 aliphatic rings. The summed E-state index contributed by atoms with van der Waals surface area (Å²) in [7, 11) is 0. The summed E-state index contributed by atoms with van der Waals surface area (Å²) < 4.78 is 0. The Labute approximate surface area is 129 Å². The minimum absolute atomic E-state index is 0.0435. The number of hydrogen-bond donors (Lipinski definition) is 2. The second-order valence-electron chi connectivity index (χ2n) is 5.06. The van der Waals surface area contributed by atoms with Gasteiger partial charge >= 0.3 is 0 Å². The number of thiazole rings is 1. The Kier molecular flexibility index (Phi) is 5.33. The first-order chi connectivity index (χ1) is 10.1. The molecule has 0 saturated carbocycles. The average molecular weight is 303 g/mol. The van der Waals surface area contributed by atoms with Crippen LogP contribution < -0.4 is 10.6 Å². The highest BCUT2D eigenvalue weighted by Gasteiger charge is 2.14. The third kappa shape index (κ3) is 4.04. The lowest BCUT2D eigenvalue weighted by molar-refractivity contribution is 0.0952. The van der Waals surface area contributed by atoms with Gasteiger partial charge in [0.15, 0.2) is 0 Å². The molecule has 0 bridgehead atoms. The zero-order chi connectivity index (χ0) is 15.2. The standard InChI is InChI=1S/C16H21N3OS/c1-4-17-14-6-5-11(2)9-13(14)15(20)19-10-12(3)16-18-7-8-21-16/h5-9,12,17H,4,10H2,1-3H3,(H,19,20). The lowest BCUT2D eigenvalue weighted by Crippen LogP contribution is -2.28. The van der Waals surface area contributed by atoms with Gasteiger partial charge in [0, 0.05) is 36.3 Å². The molecule has 112 valence electrons. The van der Waals surface area contributed by atoms with E-state index in [9.17, 15) is 4.79 Å². The Hall–Kier alpha value is -1.88. The van der Waals surface area contributed by atoms with Crippen molar-refractivity contribution in [3.05, 3.63) is 45.9 Å². The summed E-state index contributed by atoms with van der Waals surface area (Å²) in [4.78, 5) is 16.7. The summed E-state index contributed by atoms with van der Waals surface area (Å²) in [5.74, 6) is 0.180. The second kappa shape index (κ2) is 7.22. The van der Waals surface area contributed by atoms with Crippen LogP contribution >= 0.6 is 11.3 Å². The quantitative estimate of drug-likeness (QED) is 0.860. The zero-order valence-electron chi connectivity index (χ0n) is 12.6. The second-order valence-corrected chi connectivity index (χ2v) is 5.99. The van der Waals surface area contributed by atoms with Crippen LogP contribution in [0.15, 0.2) is 29.8 Å². The van der Waals surface area contributed by atoms with Crippen molar-refractivity contribution >= 4 is 22.9 Å². The van der Waals surface area contributed by atoms with Gasteiger partial charge in [0.05, 0.1) is 10.6 Å². The van der Waals surface area contributed by atoms with Crippen LogP contribution in [0.5, 0.6) is 0 Å². The Balaban J connectivity index is 2.04. The molecule has 1 unspecified atom stereocenters. The van der Waals surface area contributed by atoms with Gasteiger partial charge in [0.2, 0.25) is 0 Å². The Bertz CT molecular complexity index is 596. The third-order valence-electron chi connectivity index (χ3n) is 3.23. The number of benzene rings is 1. The van der Waals surface area contributed by atoms with Crippen molar-refractivity contribution in [3.8, 4) is 0 Å². The fourth-order valence-electron chi connectivity index (χ4n) is 2.10. The number of carbonyl (C=O) groups is 1. The SMILES string of the molecule is CCNc1ccc(C)cc1C(=O)NCC(C)c1nccs1. The molecule has 0 saturated heterocycles. The van der Waals surface area contributed by atoms with Crippen LogP contribution in [0.1, 0.15) is 40.7 Å². The molecule has 2 rings (SSSR count). The number of rotatable bonds is 6. The van der Waals surface area contributed by atoms with Crippen molar-refractivity contribution in [1.82, 2.24) is 10.3 Å². The molecule has 1 amide bonds. The first kappa shape index (κ1) is 15.5. The first-order valence-electron chi connectivity index (χ1n) is 7.14. The third-order valence-corrected chi connectivity index (χ3v) is 4.24. The molecule has 1 aromatic heterocycles. The average Bonchev–Trinajstić information content (AvgIpc) is 3.01. The minimum Gasteiger partial charge on any atom is -0.385 e. The van der Waals surface area contributed by atoms with Crippen molar-refractivity contribution in [2.45, 2.75) is 26.7 Å². The van der Waals surface area contributed by atoms with Crippen LogP contribution in [0.3, 0.4) is 0 Å². The zero-order valence-corrected chi connectivity index (χ0v) is 13.5. The molecule has 0 aliphatic carbocycles. The summed E-state index contributed by atoms with van der Waals surface area (Å²) in [5, 5.41) is 9.23. The minimum atomic E-state index is -0.0435. The van der Waals surface area contributed by atoms with E-state index in [-0.39, 0.29) is 11.8 Å². The van der Waals surface area contributed by atoms with Crippen LogP contribution in [-0.4, -0.2) is 24.0 Å². The molecule has 21 heavy (non-hydrogen) atoms. The molecule has 0 radical (unpaired) electrons. The molecular weight excluding hydrogens is 282 g/mol. The van der Waals surface area contributed by atoms with Gasteiger partial charge in [-0.1, -0.05) is 18.6 Å². The van der Waals surface area contributed by atoms with Gasteiger partial charge in [-0.2, -0.15) is 0 Å². The van der Waals surface area contributed by atoms with E-state index in [1.165, 1.54) is 0 Å². The molecule has 1 atom stereocenters. The summed E-state index contributed by atoms with van der Waals surface area (Å²) >= 11 is 1.62. The lowest BCUT2D eigenvalue weighted by atomic mass is 10.1. The van der Waals surface area contributed by atoms with Gasteiger partial charge in [-0.15, -0.1) is 11.3 Å². The van der Waals surface area contributed by atoms with Crippen LogP contribution in [0, 0.1) is 6.92 Å². The molecule has 2 N–H and O–H groups in total. The molecule has 0 aliphatic heterocycles. The number of aryl methyl sites for hydroxylation is 1. The number of anilines is 1. The Morgan fingerprint density at radius 3 is 2.90 bits per heavy atom. The topological polar surface area (TPSA) is 54.0 Å². The van der Waals surface area contributed by atoms with Gasteiger partial charge in [0.1, 0.15) is 0 Å². The van der Waals surface area contributed by atoms with E-state index >= 15 is 0 Å². The number of aromatic nitrogens is 1. The van der Waals surface area contributed by atoms with Crippen molar-refractivity contribution in [1.29, 1.82) is 0 Å². The maximum Gasteiger partial charge on any atom is 0.253 e. The predicted octanol–water partition coefficient (Wildman–Crippen LogP) is 3.42. The maximum atomic E-state index is 12.4. The monoisotopic (exact) mass is 303 g/mol. The van der Waals surface area contributed by atoms with E-state index in [4.69, 9.17) is 0 Å². The van der Waals surface area contributed by atoms with Crippen LogP contribution in [0.4, 0.5) is 5.69 Å². The van der Waals surface area contributed by atoms with Gasteiger partial charge in [-0.3, -0.25) is 4.79 Å². The molecule has 1 aromatic carbocycles. The van der Waals surface area contributed by atoms with Crippen molar-refractivity contribution < 1.29 is 4.79 Å². The predicted molar refractivity (Wildman–Crippen MR) is 88.2 cm³/mol. The van der Waals surface area contributed by atoms with Crippen LogP contribution in [0.25, 0.3) is 0 Å². The van der Waals surface area contributed by atoms with Crippen LogP contribution in [0.2, 0.25) is 0 Å². The number of hydrogen-bond acceptors (Lipinski definition) is 4. The summed E-state index contributed by atoms with van der Waals surface area (Å²) in [6.07, 6.45) is 1.79. The summed E-state index contributed by atoms with van der Waals surface area (Å²) in [6.45, 7) is 7.46. The van der Waals surface area contributed by atoms with E-state index in [0.717, 1.165) is 22.8 Å². The molecule has 5 heteroatoms. The van der Waals surface area contributed by atoms with Gasteiger partial charge in [-0.05, 0) is 26.0 Å². The van der Waals surface area contributed by atoms with Gasteiger partial charge in [0.25, 0.3) is 5.91 Å². The molecular formula is C16H21N3OS. The van der Waals surface area contributed by atoms with E-state index < -0.39 is 0 Å². The highest BCUT2D eigenvalue weighted by atomic mass is 32.1. The molecule has 2 aromatic rings. The highest BCUT2D eigenvalue weighted by Crippen LogP contribution is 2.19. The fourth-order valence-corrected chi connectivity index (χ4v) is 2.80. The van der Waals surface area contributed by atoms with Crippen molar-refractivity contribution in [2.75, 3.05) is 18.4 Å².